The van der Waals surface area contributed by atoms with Crippen molar-refractivity contribution in [3.8, 4) is 33.4 Å². The zero-order chi connectivity index (χ0) is 31.4. The minimum atomic E-state index is 0.0281. The fourth-order valence-electron chi connectivity index (χ4n) is 7.74. The van der Waals surface area contributed by atoms with Crippen LogP contribution in [0.5, 0.6) is 0 Å². The summed E-state index contributed by atoms with van der Waals surface area (Å²) in [5, 5.41) is 10.8. The van der Waals surface area contributed by atoms with E-state index in [1.807, 2.05) is 0 Å². The van der Waals surface area contributed by atoms with Crippen LogP contribution in [-0.2, 0) is 10.8 Å². The summed E-state index contributed by atoms with van der Waals surface area (Å²) < 4.78 is 0. The molecule has 1 aliphatic rings. The fourth-order valence-corrected chi connectivity index (χ4v) is 7.74. The Bertz CT molecular complexity index is 2370. The third kappa shape index (κ3) is 4.11. The van der Waals surface area contributed by atoms with Crippen LogP contribution in [0.2, 0.25) is 0 Å². The number of hydrogen-bond donors (Lipinski definition) is 0. The highest BCUT2D eigenvalue weighted by atomic mass is 14.3. The van der Waals surface area contributed by atoms with Crippen molar-refractivity contribution in [3.63, 3.8) is 0 Å². The molecular formula is C45H42. The topological polar surface area (TPSA) is 0 Å². The van der Waals surface area contributed by atoms with Crippen molar-refractivity contribution in [2.24, 2.45) is 0 Å². The molecule has 0 unspecified atom stereocenters. The highest BCUT2D eigenvalue weighted by molar-refractivity contribution is 6.29. The van der Waals surface area contributed by atoms with E-state index in [1.54, 1.807) is 0 Å². The third-order valence-corrected chi connectivity index (χ3v) is 10.9. The average molecular weight is 583 g/mol. The molecule has 7 aromatic rings. The molecule has 8 rings (SSSR count). The smallest absolute Gasteiger partial charge is 0.00172 e. The largest absolute Gasteiger partial charge is 0.0646 e. The molecule has 222 valence electrons. The zero-order valence-electron chi connectivity index (χ0n) is 27.9. The van der Waals surface area contributed by atoms with Crippen molar-refractivity contribution in [1.82, 2.24) is 0 Å². The van der Waals surface area contributed by atoms with Gasteiger partial charge >= 0.3 is 0 Å². The molecule has 0 fully saturated rings. The molecule has 45 heavy (non-hydrogen) atoms. The minimum absolute atomic E-state index is 0.0281. The molecule has 0 nitrogen and oxygen atoms in total. The average Bonchev–Trinajstić information content (AvgIpc) is 3.36. The molecule has 1 aliphatic carbocycles. The van der Waals surface area contributed by atoms with E-state index in [1.165, 1.54) is 98.7 Å². The first-order valence-electron chi connectivity index (χ1n) is 16.6. The van der Waals surface area contributed by atoms with Gasteiger partial charge in [-0.3, -0.25) is 0 Å². The molecule has 0 radical (unpaired) electrons. The van der Waals surface area contributed by atoms with E-state index in [-0.39, 0.29) is 10.8 Å². The summed E-state index contributed by atoms with van der Waals surface area (Å²) >= 11 is 0. The molecule has 0 bridgehead atoms. The van der Waals surface area contributed by atoms with Crippen molar-refractivity contribution in [1.29, 1.82) is 0 Å². The van der Waals surface area contributed by atoms with Crippen LogP contribution in [-0.4, -0.2) is 0 Å². The molecule has 0 N–H and O–H groups in total. The summed E-state index contributed by atoms with van der Waals surface area (Å²) in [5.74, 6) is 0. The Balaban J connectivity index is 1.53. The van der Waals surface area contributed by atoms with E-state index in [4.69, 9.17) is 0 Å². The predicted octanol–water partition coefficient (Wildman–Crippen LogP) is 13.2. The first kappa shape index (κ1) is 28.1. The molecule has 7 aromatic carbocycles. The van der Waals surface area contributed by atoms with Gasteiger partial charge in [-0.15, -0.1) is 0 Å². The second-order valence-corrected chi connectivity index (χ2v) is 15.2. The van der Waals surface area contributed by atoms with E-state index in [2.05, 4.69) is 152 Å². The van der Waals surface area contributed by atoms with E-state index in [0.717, 1.165) is 6.42 Å². The Labute approximate surface area is 267 Å². The van der Waals surface area contributed by atoms with Gasteiger partial charge in [-0.1, -0.05) is 126 Å². The number of hydrogen-bond acceptors (Lipinski definition) is 0. The predicted molar refractivity (Wildman–Crippen MR) is 198 cm³/mol. The van der Waals surface area contributed by atoms with Crippen molar-refractivity contribution >= 4 is 43.1 Å². The number of rotatable bonds is 3. The van der Waals surface area contributed by atoms with Crippen LogP contribution in [0.15, 0.2) is 97.1 Å². The van der Waals surface area contributed by atoms with Crippen LogP contribution in [0.3, 0.4) is 0 Å². The Morgan fingerprint density at radius 2 is 1.13 bits per heavy atom. The molecule has 0 spiro atoms. The van der Waals surface area contributed by atoms with Gasteiger partial charge in [0, 0.05) is 0 Å². The second-order valence-electron chi connectivity index (χ2n) is 15.2. The summed E-state index contributed by atoms with van der Waals surface area (Å²) in [7, 11) is 0. The maximum Gasteiger partial charge on any atom is -0.00172 e. The van der Waals surface area contributed by atoms with Crippen molar-refractivity contribution < 1.29 is 0 Å². The van der Waals surface area contributed by atoms with Gasteiger partial charge in [0.25, 0.3) is 0 Å². The molecule has 0 heterocycles. The maximum absolute atomic E-state index is 2.52. The summed E-state index contributed by atoms with van der Waals surface area (Å²) in [6, 6.07) is 37.9. The standard InChI is InChI=1S/C45H42/c1-9-45(7,8)29-16-19-31-28(21-29)22-30(44(4,5)6)23-37(31)40-24-39-35-18-15-27(3)42-34-13-11-10-12-32(34)41(43(35)42)25-38(39)33-17-14-26(2)20-36(33)40/h10-25H,9H2,1-8H3. The highest BCUT2D eigenvalue weighted by Gasteiger charge is 2.26. The van der Waals surface area contributed by atoms with Crippen LogP contribution < -0.4 is 0 Å². The Morgan fingerprint density at radius 3 is 1.89 bits per heavy atom. The molecule has 0 heteroatoms. The fraction of sp³-hybridized carbons (Fsp3) is 0.244. The first-order valence-corrected chi connectivity index (χ1v) is 16.6. The van der Waals surface area contributed by atoms with Crippen molar-refractivity contribution in [2.75, 3.05) is 0 Å². The van der Waals surface area contributed by atoms with Crippen molar-refractivity contribution in [3.05, 3.63) is 119 Å². The highest BCUT2D eigenvalue weighted by Crippen LogP contribution is 2.52. The van der Waals surface area contributed by atoms with Gasteiger partial charge in [0.2, 0.25) is 0 Å². The second kappa shape index (κ2) is 9.54. The molecule has 0 saturated heterocycles. The molecular weight excluding hydrogens is 540 g/mol. The number of benzene rings is 7. The lowest BCUT2D eigenvalue weighted by atomic mass is 9.78. The normalized spacial score (nSPS) is 13.0. The molecule has 0 amide bonds. The third-order valence-electron chi connectivity index (χ3n) is 10.9. The first-order chi connectivity index (χ1) is 21.5. The Morgan fingerprint density at radius 1 is 0.489 bits per heavy atom. The zero-order valence-corrected chi connectivity index (χ0v) is 27.9. The lowest BCUT2D eigenvalue weighted by Crippen LogP contribution is -2.15. The van der Waals surface area contributed by atoms with E-state index in [0.29, 0.717) is 0 Å². The molecule has 0 atom stereocenters. The van der Waals surface area contributed by atoms with Crippen LogP contribution in [0, 0.1) is 13.8 Å². The lowest BCUT2D eigenvalue weighted by molar-refractivity contribution is 0.507. The van der Waals surface area contributed by atoms with Gasteiger partial charge in [-0.05, 0) is 142 Å². The quantitative estimate of drug-likeness (QED) is 0.182. The maximum atomic E-state index is 2.52. The monoisotopic (exact) mass is 582 g/mol. The summed E-state index contributed by atoms with van der Waals surface area (Å²) in [6.45, 7) is 18.5. The lowest BCUT2D eigenvalue weighted by Gasteiger charge is -2.26. The molecule has 0 aliphatic heterocycles. The molecule has 0 aromatic heterocycles. The van der Waals surface area contributed by atoms with Gasteiger partial charge in [0.15, 0.2) is 0 Å². The van der Waals surface area contributed by atoms with Crippen LogP contribution in [0.25, 0.3) is 76.5 Å². The van der Waals surface area contributed by atoms with E-state index in [9.17, 15) is 0 Å². The van der Waals surface area contributed by atoms with Crippen LogP contribution in [0.1, 0.15) is 70.2 Å². The van der Waals surface area contributed by atoms with Gasteiger partial charge in [0.05, 0.1) is 0 Å². The van der Waals surface area contributed by atoms with Crippen LogP contribution >= 0.6 is 0 Å². The van der Waals surface area contributed by atoms with Gasteiger partial charge < -0.3 is 0 Å². The molecule has 0 saturated carbocycles. The Kier molecular flexibility index (Phi) is 5.95. The van der Waals surface area contributed by atoms with Crippen molar-refractivity contribution in [2.45, 2.75) is 72.6 Å². The van der Waals surface area contributed by atoms with Crippen LogP contribution in [0.4, 0.5) is 0 Å². The Hall–Kier alpha value is -4.42. The minimum Gasteiger partial charge on any atom is -0.0646 e. The van der Waals surface area contributed by atoms with Gasteiger partial charge in [0.1, 0.15) is 0 Å². The number of fused-ring (bicyclic) bond motifs is 8. The van der Waals surface area contributed by atoms with E-state index >= 15 is 0 Å². The van der Waals surface area contributed by atoms with Gasteiger partial charge in [-0.2, -0.15) is 0 Å². The van der Waals surface area contributed by atoms with Gasteiger partial charge in [-0.25, -0.2) is 0 Å². The number of aryl methyl sites for hydroxylation is 2. The summed E-state index contributed by atoms with van der Waals surface area (Å²) in [4.78, 5) is 0. The summed E-state index contributed by atoms with van der Waals surface area (Å²) in [5.41, 5.74) is 13.7. The van der Waals surface area contributed by atoms with E-state index < -0.39 is 0 Å². The SMILES string of the molecule is CCC(C)(C)c1ccc2c(-c3cc4c5ccc(C)c6c5c(cc4c4ccc(C)cc34)-c3ccccc3-6)cc(C(C)(C)C)cc2c1. The summed E-state index contributed by atoms with van der Waals surface area (Å²) in [6.07, 6.45) is 1.11.